The van der Waals surface area contributed by atoms with Crippen LogP contribution in [0.1, 0.15) is 25.1 Å². The summed E-state index contributed by atoms with van der Waals surface area (Å²) in [6.45, 7) is 3.44. The molecule has 0 bridgehead atoms. The van der Waals surface area contributed by atoms with Crippen molar-refractivity contribution in [3.8, 4) is 0 Å². The summed E-state index contributed by atoms with van der Waals surface area (Å²) < 4.78 is 1.47. The maximum Gasteiger partial charge on any atom is 0.274 e. The van der Waals surface area contributed by atoms with Crippen LogP contribution in [-0.4, -0.2) is 25.0 Å². The van der Waals surface area contributed by atoms with E-state index in [1.54, 1.807) is 38.2 Å². The van der Waals surface area contributed by atoms with Crippen LogP contribution in [0.2, 0.25) is 0 Å². The molecule has 100 valence electrons. The van der Waals surface area contributed by atoms with E-state index in [2.05, 4.69) is 10.3 Å². The first kappa shape index (κ1) is 13.2. The van der Waals surface area contributed by atoms with Crippen LogP contribution in [0.5, 0.6) is 0 Å². The Hall–Kier alpha value is -2.28. The van der Waals surface area contributed by atoms with Gasteiger partial charge < -0.3 is 5.11 Å². The van der Waals surface area contributed by atoms with Crippen molar-refractivity contribution in [3.05, 3.63) is 51.8 Å². The number of nitro benzene ring substituents is 1. The number of hydrogen-bond donors (Lipinski definition) is 1. The fraction of sp³-hybridized carbons (Fsp3) is 0.333. The molecule has 0 saturated heterocycles. The number of hydrogen-bond acceptors (Lipinski definition) is 5. The molecule has 7 nitrogen and oxygen atoms in total. The highest BCUT2D eigenvalue weighted by Crippen LogP contribution is 2.20. The van der Waals surface area contributed by atoms with Crippen molar-refractivity contribution in [2.75, 3.05) is 0 Å². The first-order valence-electron chi connectivity index (χ1n) is 5.73. The monoisotopic (exact) mass is 262 g/mol. The van der Waals surface area contributed by atoms with E-state index in [0.29, 0.717) is 11.3 Å². The van der Waals surface area contributed by atoms with E-state index in [4.69, 9.17) is 0 Å². The Labute approximate surface area is 109 Å². The van der Waals surface area contributed by atoms with Gasteiger partial charge in [0, 0.05) is 6.07 Å². The number of rotatable bonds is 4. The van der Waals surface area contributed by atoms with Crippen molar-refractivity contribution in [1.29, 1.82) is 0 Å². The highest BCUT2D eigenvalue weighted by molar-refractivity contribution is 5.39. The number of benzene rings is 1. The van der Waals surface area contributed by atoms with Gasteiger partial charge in [0.05, 0.1) is 23.2 Å². The molecule has 0 spiro atoms. The van der Waals surface area contributed by atoms with Crippen molar-refractivity contribution in [1.82, 2.24) is 15.0 Å². The maximum absolute atomic E-state index is 10.9. The summed E-state index contributed by atoms with van der Waals surface area (Å²) in [5.74, 6) is 0. The lowest BCUT2D eigenvalue weighted by atomic mass is 10.1. The predicted octanol–water partition coefficient (Wildman–Crippen LogP) is 1.46. The average Bonchev–Trinajstić information content (AvgIpc) is 2.77. The van der Waals surface area contributed by atoms with Gasteiger partial charge in [-0.2, -0.15) is 0 Å². The van der Waals surface area contributed by atoms with E-state index in [0.717, 1.165) is 0 Å². The highest BCUT2D eigenvalue weighted by Gasteiger charge is 2.21. The van der Waals surface area contributed by atoms with Crippen molar-refractivity contribution in [3.63, 3.8) is 0 Å². The molecule has 0 saturated carbocycles. The SMILES string of the molecule is CC(C)(O)c1cn(Cc2ccccc2[N+](=O)[O-])nn1. The normalized spacial score (nSPS) is 11.5. The number of nitrogens with zero attached hydrogens (tertiary/aromatic N) is 4. The van der Waals surface area contributed by atoms with Crippen molar-refractivity contribution in [2.45, 2.75) is 26.0 Å². The van der Waals surface area contributed by atoms with E-state index in [1.165, 1.54) is 10.7 Å². The minimum absolute atomic E-state index is 0.0443. The molecule has 0 atom stereocenters. The molecule has 1 aromatic heterocycles. The van der Waals surface area contributed by atoms with Crippen LogP contribution in [0.4, 0.5) is 5.69 Å². The average molecular weight is 262 g/mol. The third-order valence-corrected chi connectivity index (χ3v) is 2.69. The molecule has 7 heteroatoms. The number of para-hydroxylation sites is 1. The molecule has 0 radical (unpaired) electrons. The van der Waals surface area contributed by atoms with E-state index < -0.39 is 10.5 Å². The van der Waals surface area contributed by atoms with Crippen LogP contribution in [0.25, 0.3) is 0 Å². The van der Waals surface area contributed by atoms with Crippen LogP contribution in [-0.2, 0) is 12.1 Å². The van der Waals surface area contributed by atoms with E-state index in [-0.39, 0.29) is 12.2 Å². The second-order valence-corrected chi connectivity index (χ2v) is 4.75. The van der Waals surface area contributed by atoms with Gasteiger partial charge in [0.2, 0.25) is 0 Å². The van der Waals surface area contributed by atoms with Crippen LogP contribution < -0.4 is 0 Å². The number of nitro groups is 1. The minimum Gasteiger partial charge on any atom is -0.384 e. The summed E-state index contributed by atoms with van der Waals surface area (Å²) in [6.07, 6.45) is 1.58. The standard InChI is InChI=1S/C12H14N4O3/c1-12(2,17)11-8-15(14-13-11)7-9-5-3-4-6-10(9)16(18)19/h3-6,8,17H,7H2,1-2H3. The fourth-order valence-electron chi connectivity index (χ4n) is 1.65. The molecule has 1 N–H and O–H groups in total. The van der Waals surface area contributed by atoms with Crippen molar-refractivity contribution >= 4 is 5.69 Å². The van der Waals surface area contributed by atoms with Crippen molar-refractivity contribution < 1.29 is 10.0 Å². The van der Waals surface area contributed by atoms with Gasteiger partial charge in [-0.3, -0.25) is 10.1 Å². The molecular formula is C12H14N4O3. The zero-order chi connectivity index (χ0) is 14.0. The second-order valence-electron chi connectivity index (χ2n) is 4.75. The zero-order valence-corrected chi connectivity index (χ0v) is 10.6. The van der Waals surface area contributed by atoms with E-state index in [1.807, 2.05) is 0 Å². The topological polar surface area (TPSA) is 94.1 Å². The first-order chi connectivity index (χ1) is 8.88. The van der Waals surface area contributed by atoms with Gasteiger partial charge in [-0.25, -0.2) is 4.68 Å². The molecule has 0 aliphatic heterocycles. The number of aromatic nitrogens is 3. The van der Waals surface area contributed by atoms with E-state index in [9.17, 15) is 15.2 Å². The Balaban J connectivity index is 2.27. The summed E-state index contributed by atoms with van der Waals surface area (Å²) in [5, 5.41) is 28.4. The summed E-state index contributed by atoms with van der Waals surface area (Å²) in [6, 6.07) is 6.47. The van der Waals surface area contributed by atoms with Crippen LogP contribution in [0.15, 0.2) is 30.5 Å². The van der Waals surface area contributed by atoms with E-state index >= 15 is 0 Å². The molecule has 0 fully saturated rings. The van der Waals surface area contributed by atoms with Gasteiger partial charge in [-0.15, -0.1) is 5.10 Å². The second kappa shape index (κ2) is 4.77. The summed E-state index contributed by atoms with van der Waals surface area (Å²) in [4.78, 5) is 10.5. The lowest BCUT2D eigenvalue weighted by Gasteiger charge is -2.11. The Bertz CT molecular complexity index is 601. The van der Waals surface area contributed by atoms with Gasteiger partial charge in [0.15, 0.2) is 0 Å². The minimum atomic E-state index is -1.08. The first-order valence-corrected chi connectivity index (χ1v) is 5.73. The molecule has 1 aromatic carbocycles. The molecular weight excluding hydrogens is 248 g/mol. The maximum atomic E-state index is 10.9. The third kappa shape index (κ3) is 2.94. The molecule has 0 aliphatic carbocycles. The molecule has 19 heavy (non-hydrogen) atoms. The van der Waals surface area contributed by atoms with Gasteiger partial charge in [-0.1, -0.05) is 23.4 Å². The molecule has 0 amide bonds. The molecule has 1 heterocycles. The fourth-order valence-corrected chi connectivity index (χ4v) is 1.65. The molecule has 2 aromatic rings. The summed E-state index contributed by atoms with van der Waals surface area (Å²) >= 11 is 0. The predicted molar refractivity (Wildman–Crippen MR) is 67.5 cm³/mol. The van der Waals surface area contributed by atoms with Crippen molar-refractivity contribution in [2.24, 2.45) is 0 Å². The summed E-state index contributed by atoms with van der Waals surface area (Å²) in [5.41, 5.74) is -0.0745. The molecule has 0 aliphatic rings. The van der Waals surface area contributed by atoms with Gasteiger partial charge >= 0.3 is 0 Å². The Morgan fingerprint density at radius 3 is 2.68 bits per heavy atom. The Kier molecular flexibility index (Phi) is 3.30. The molecule has 0 unspecified atom stereocenters. The largest absolute Gasteiger partial charge is 0.384 e. The third-order valence-electron chi connectivity index (χ3n) is 2.69. The molecule has 2 rings (SSSR count). The lowest BCUT2D eigenvalue weighted by molar-refractivity contribution is -0.385. The zero-order valence-electron chi connectivity index (χ0n) is 10.6. The number of aliphatic hydroxyl groups is 1. The van der Waals surface area contributed by atoms with Crippen LogP contribution >= 0.6 is 0 Å². The van der Waals surface area contributed by atoms with Gasteiger partial charge in [-0.05, 0) is 13.8 Å². The smallest absolute Gasteiger partial charge is 0.274 e. The Morgan fingerprint density at radius 2 is 2.11 bits per heavy atom. The van der Waals surface area contributed by atoms with Crippen LogP contribution in [0.3, 0.4) is 0 Å². The quantitative estimate of drug-likeness (QED) is 0.665. The summed E-state index contributed by atoms with van der Waals surface area (Å²) in [7, 11) is 0. The van der Waals surface area contributed by atoms with Gasteiger partial charge in [0.1, 0.15) is 11.3 Å². The van der Waals surface area contributed by atoms with Crippen LogP contribution in [0, 0.1) is 10.1 Å². The van der Waals surface area contributed by atoms with Gasteiger partial charge in [0.25, 0.3) is 5.69 Å². The highest BCUT2D eigenvalue weighted by atomic mass is 16.6. The lowest BCUT2D eigenvalue weighted by Crippen LogP contribution is -2.15. The Morgan fingerprint density at radius 1 is 1.42 bits per heavy atom.